The molecule has 5 saturated carbocycles. The topological polar surface area (TPSA) is 3.24 Å². The van der Waals surface area contributed by atoms with Gasteiger partial charge in [0.1, 0.15) is 0 Å². The summed E-state index contributed by atoms with van der Waals surface area (Å²) in [4.78, 5) is 2.75. The second-order valence-electron chi connectivity index (χ2n) is 20.0. The molecule has 0 saturated heterocycles. The maximum atomic E-state index is 2.75. The minimum atomic E-state index is -0.0774. The van der Waals surface area contributed by atoms with Gasteiger partial charge in [-0.15, -0.1) is 0 Å². The molecule has 282 valence electrons. The summed E-state index contributed by atoms with van der Waals surface area (Å²) >= 11 is 0. The SMILES string of the molecule is C[C@H]1C2CCC3CC(C2)CC1C31c2ccccc2-c2cccc(N(c3ccc4c(c3)C(C)(C)c3ccccc3-4)c3ccc4c(c3)C3(CCCC3)c3ccccc3-4)c21. The van der Waals surface area contributed by atoms with Crippen LogP contribution < -0.4 is 4.90 Å². The highest BCUT2D eigenvalue weighted by Gasteiger charge is 2.62. The van der Waals surface area contributed by atoms with E-state index in [-0.39, 0.29) is 16.2 Å². The summed E-state index contributed by atoms with van der Waals surface area (Å²) in [7, 11) is 0. The second kappa shape index (κ2) is 11.4. The summed E-state index contributed by atoms with van der Waals surface area (Å²) in [6.07, 6.45) is 12.1. The molecule has 1 heteroatoms. The largest absolute Gasteiger partial charge is 0.310 e. The molecule has 5 fully saturated rings. The van der Waals surface area contributed by atoms with Crippen molar-refractivity contribution < 1.29 is 0 Å². The van der Waals surface area contributed by atoms with Crippen LogP contribution in [0.2, 0.25) is 0 Å². The molecule has 6 aromatic rings. The molecule has 8 aliphatic carbocycles. The third-order valence-electron chi connectivity index (χ3n) is 17.5. The molecular formula is C56H53N. The van der Waals surface area contributed by atoms with E-state index in [1.165, 1.54) is 119 Å². The molecule has 1 nitrogen and oxygen atoms in total. The van der Waals surface area contributed by atoms with Gasteiger partial charge in [0.05, 0.1) is 5.69 Å². The maximum absolute atomic E-state index is 2.75. The Hall–Kier alpha value is -4.88. The number of benzene rings is 6. The first-order chi connectivity index (χ1) is 27.9. The predicted octanol–water partition coefficient (Wildman–Crippen LogP) is 14.7. The Labute approximate surface area is 339 Å². The fourth-order valence-electron chi connectivity index (χ4n) is 15.2. The number of nitrogens with zero attached hydrogens (tertiary/aromatic N) is 1. The molecule has 8 aliphatic rings. The van der Waals surface area contributed by atoms with Gasteiger partial charge in [-0.05, 0) is 172 Å². The summed E-state index contributed by atoms with van der Waals surface area (Å²) in [5.41, 5.74) is 22.0. The van der Waals surface area contributed by atoms with Gasteiger partial charge < -0.3 is 4.90 Å². The molecule has 6 atom stereocenters. The van der Waals surface area contributed by atoms with Gasteiger partial charge in [-0.1, -0.05) is 131 Å². The Balaban J connectivity index is 1.09. The van der Waals surface area contributed by atoms with E-state index in [1.807, 2.05) is 0 Å². The minimum absolute atomic E-state index is 0.0255. The normalized spacial score (nSPS) is 28.2. The Bertz CT molecular complexity index is 2670. The molecule has 4 bridgehead atoms. The standard InChI is InChI=1S/C56H53N/c1-34-36-21-22-37-30-35(29-36)31-49(34)56(37)48-19-9-6-15-42(48)45-16-12-20-52(53(45)56)57(38-23-25-43-40-13-4-7-17-46(40)54(2,3)50(43)32-38)39-24-26-44-41-14-5-8-18-47(41)55(51(44)33-39)27-10-11-28-55/h4-9,12-20,23-26,32-37,49H,10-11,21-22,27-31H2,1-3H3/t34-,35?,36?,37?,49?,56?/m0/s1. The van der Waals surface area contributed by atoms with E-state index in [1.54, 1.807) is 22.3 Å². The van der Waals surface area contributed by atoms with Crippen LogP contribution in [0.4, 0.5) is 17.1 Å². The summed E-state index contributed by atoms with van der Waals surface area (Å²) in [5.74, 6) is 3.81. The highest BCUT2D eigenvalue weighted by molar-refractivity contribution is 5.94. The highest BCUT2D eigenvalue weighted by Crippen LogP contribution is 2.71. The minimum Gasteiger partial charge on any atom is -0.310 e. The predicted molar refractivity (Wildman–Crippen MR) is 236 cm³/mol. The van der Waals surface area contributed by atoms with Crippen molar-refractivity contribution in [3.63, 3.8) is 0 Å². The number of hydrogen-bond donors (Lipinski definition) is 0. The molecule has 0 N–H and O–H groups in total. The summed E-state index contributed by atoms with van der Waals surface area (Å²) in [6.45, 7) is 7.53. The zero-order valence-electron chi connectivity index (χ0n) is 33.8. The summed E-state index contributed by atoms with van der Waals surface area (Å²) in [5, 5.41) is 0. The first kappa shape index (κ1) is 33.1. The molecule has 0 radical (unpaired) electrons. The maximum Gasteiger partial charge on any atom is 0.0509 e. The Kier molecular flexibility index (Phi) is 6.63. The lowest BCUT2D eigenvalue weighted by Crippen LogP contribution is -2.51. The van der Waals surface area contributed by atoms with E-state index in [9.17, 15) is 0 Å². The van der Waals surface area contributed by atoms with Gasteiger partial charge in [0.25, 0.3) is 0 Å². The van der Waals surface area contributed by atoms with Gasteiger partial charge in [-0.3, -0.25) is 0 Å². The number of anilines is 3. The van der Waals surface area contributed by atoms with Gasteiger partial charge in [0.15, 0.2) is 0 Å². The Morgan fingerprint density at radius 2 is 1.12 bits per heavy atom. The van der Waals surface area contributed by atoms with Gasteiger partial charge in [-0.2, -0.15) is 0 Å². The van der Waals surface area contributed by atoms with Gasteiger partial charge in [0, 0.05) is 27.6 Å². The van der Waals surface area contributed by atoms with Crippen LogP contribution in [0.5, 0.6) is 0 Å². The number of hydrogen-bond acceptors (Lipinski definition) is 1. The van der Waals surface area contributed by atoms with Crippen molar-refractivity contribution in [1.29, 1.82) is 0 Å². The van der Waals surface area contributed by atoms with Crippen LogP contribution in [0.1, 0.15) is 112 Å². The van der Waals surface area contributed by atoms with Crippen molar-refractivity contribution >= 4 is 17.1 Å². The van der Waals surface area contributed by atoms with Crippen molar-refractivity contribution in [3.8, 4) is 33.4 Å². The molecule has 14 rings (SSSR count). The summed E-state index contributed by atoms with van der Waals surface area (Å²) < 4.78 is 0. The van der Waals surface area contributed by atoms with Gasteiger partial charge >= 0.3 is 0 Å². The Morgan fingerprint density at radius 3 is 1.88 bits per heavy atom. The van der Waals surface area contributed by atoms with E-state index >= 15 is 0 Å². The van der Waals surface area contributed by atoms with E-state index in [0.717, 1.165) is 17.8 Å². The lowest BCUT2D eigenvalue weighted by molar-refractivity contribution is 0.0176. The zero-order chi connectivity index (χ0) is 37.8. The molecule has 0 aromatic heterocycles. The van der Waals surface area contributed by atoms with Crippen LogP contribution in [0.3, 0.4) is 0 Å². The van der Waals surface area contributed by atoms with Crippen LogP contribution in [0.25, 0.3) is 33.4 Å². The van der Waals surface area contributed by atoms with Crippen LogP contribution in [-0.4, -0.2) is 0 Å². The second-order valence-corrected chi connectivity index (χ2v) is 20.0. The molecule has 2 spiro atoms. The van der Waals surface area contributed by atoms with Gasteiger partial charge in [-0.25, -0.2) is 0 Å². The van der Waals surface area contributed by atoms with E-state index in [2.05, 4.69) is 153 Å². The van der Waals surface area contributed by atoms with Crippen LogP contribution >= 0.6 is 0 Å². The molecular weight excluding hydrogens is 687 g/mol. The lowest BCUT2D eigenvalue weighted by atomic mass is 9.48. The fourth-order valence-corrected chi connectivity index (χ4v) is 15.2. The average Bonchev–Trinajstić information content (AvgIpc) is 3.94. The molecule has 57 heavy (non-hydrogen) atoms. The number of rotatable bonds is 3. The smallest absolute Gasteiger partial charge is 0.0509 e. The van der Waals surface area contributed by atoms with Crippen molar-refractivity contribution in [3.05, 3.63) is 161 Å². The monoisotopic (exact) mass is 739 g/mol. The lowest BCUT2D eigenvalue weighted by Gasteiger charge is -2.56. The van der Waals surface area contributed by atoms with Crippen molar-refractivity contribution in [2.75, 3.05) is 4.90 Å². The van der Waals surface area contributed by atoms with Gasteiger partial charge in [0.2, 0.25) is 0 Å². The van der Waals surface area contributed by atoms with E-state index < -0.39 is 0 Å². The summed E-state index contributed by atoms with van der Waals surface area (Å²) in [6, 6.07) is 50.7. The highest BCUT2D eigenvalue weighted by atomic mass is 15.1. The molecule has 0 heterocycles. The number of fused-ring (bicyclic) bond motifs is 12. The molecule has 0 aliphatic heterocycles. The van der Waals surface area contributed by atoms with Crippen LogP contribution in [-0.2, 0) is 16.2 Å². The molecule has 5 unspecified atom stereocenters. The zero-order valence-corrected chi connectivity index (χ0v) is 33.8. The first-order valence-electron chi connectivity index (χ1n) is 22.4. The Morgan fingerprint density at radius 1 is 0.526 bits per heavy atom. The van der Waals surface area contributed by atoms with Crippen molar-refractivity contribution in [2.24, 2.45) is 29.6 Å². The third kappa shape index (κ3) is 4.07. The third-order valence-corrected chi connectivity index (χ3v) is 17.5. The van der Waals surface area contributed by atoms with Crippen molar-refractivity contribution in [1.82, 2.24) is 0 Å². The van der Waals surface area contributed by atoms with E-state index in [0.29, 0.717) is 11.8 Å². The molecule has 6 aromatic carbocycles. The molecule has 0 amide bonds. The first-order valence-corrected chi connectivity index (χ1v) is 22.4. The average molecular weight is 740 g/mol. The van der Waals surface area contributed by atoms with Crippen LogP contribution in [0, 0.1) is 29.6 Å². The van der Waals surface area contributed by atoms with E-state index in [4.69, 9.17) is 0 Å². The quantitative estimate of drug-likeness (QED) is 0.175. The fraction of sp³-hybridized carbons (Fsp3) is 0.357. The van der Waals surface area contributed by atoms with Crippen molar-refractivity contribution in [2.45, 2.75) is 94.8 Å². The van der Waals surface area contributed by atoms with Crippen LogP contribution in [0.15, 0.2) is 127 Å².